The predicted octanol–water partition coefficient (Wildman–Crippen LogP) is 5.01. The first-order chi connectivity index (χ1) is 8.83. The van der Waals surface area contributed by atoms with Gasteiger partial charge in [-0.25, -0.2) is 0 Å². The summed E-state index contributed by atoms with van der Waals surface area (Å²) in [6.07, 6.45) is 10.1. The van der Waals surface area contributed by atoms with Gasteiger partial charge in [-0.3, -0.25) is 0 Å². The lowest BCUT2D eigenvalue weighted by atomic mass is 9.66. The molecular formula is C18H35N. The Balaban J connectivity index is 1.88. The SMILES string of the molecule is CC(C)C1(CC2CCC(C(C)(C)C)CC2)CCCN1. The van der Waals surface area contributed by atoms with Crippen LogP contribution in [0.15, 0.2) is 0 Å². The molecule has 0 aromatic rings. The Morgan fingerprint density at radius 2 is 1.74 bits per heavy atom. The molecule has 0 bridgehead atoms. The van der Waals surface area contributed by atoms with Crippen LogP contribution in [0.1, 0.15) is 79.6 Å². The van der Waals surface area contributed by atoms with E-state index in [0.29, 0.717) is 11.0 Å². The molecule has 1 nitrogen and oxygen atoms in total. The lowest BCUT2D eigenvalue weighted by molar-refractivity contribution is 0.119. The normalized spacial score (nSPS) is 36.9. The molecule has 1 N–H and O–H groups in total. The molecule has 0 amide bonds. The number of hydrogen-bond acceptors (Lipinski definition) is 1. The highest BCUT2D eigenvalue weighted by molar-refractivity contribution is 4.97. The monoisotopic (exact) mass is 265 g/mol. The van der Waals surface area contributed by atoms with Crippen LogP contribution in [0.4, 0.5) is 0 Å². The van der Waals surface area contributed by atoms with E-state index in [4.69, 9.17) is 0 Å². The minimum atomic E-state index is 0.471. The van der Waals surface area contributed by atoms with Gasteiger partial charge in [0.1, 0.15) is 0 Å². The fraction of sp³-hybridized carbons (Fsp3) is 1.00. The van der Waals surface area contributed by atoms with Crippen molar-refractivity contribution >= 4 is 0 Å². The first-order valence-corrected chi connectivity index (χ1v) is 8.58. The maximum atomic E-state index is 3.86. The highest BCUT2D eigenvalue weighted by Gasteiger charge is 2.40. The molecule has 1 heterocycles. The molecule has 0 aromatic carbocycles. The zero-order chi connectivity index (χ0) is 14.1. The highest BCUT2D eigenvalue weighted by Crippen LogP contribution is 2.44. The molecule has 1 saturated heterocycles. The maximum Gasteiger partial charge on any atom is 0.0207 e. The van der Waals surface area contributed by atoms with Crippen molar-refractivity contribution in [1.82, 2.24) is 5.32 Å². The van der Waals surface area contributed by atoms with Crippen molar-refractivity contribution in [3.63, 3.8) is 0 Å². The molecule has 2 fully saturated rings. The smallest absolute Gasteiger partial charge is 0.0207 e. The van der Waals surface area contributed by atoms with E-state index >= 15 is 0 Å². The standard InChI is InChI=1S/C18H35N/c1-14(2)18(11-6-12-19-18)13-15-7-9-16(10-8-15)17(3,4)5/h14-16,19H,6-13H2,1-5H3. The molecule has 0 aromatic heterocycles. The van der Waals surface area contributed by atoms with Gasteiger partial charge in [-0.15, -0.1) is 0 Å². The molecule has 19 heavy (non-hydrogen) atoms. The fourth-order valence-electron chi connectivity index (χ4n) is 4.48. The van der Waals surface area contributed by atoms with Gasteiger partial charge < -0.3 is 5.32 Å². The van der Waals surface area contributed by atoms with Crippen LogP contribution in [-0.2, 0) is 0 Å². The molecule has 2 rings (SSSR count). The summed E-state index contributed by atoms with van der Waals surface area (Å²) in [6.45, 7) is 13.3. The zero-order valence-corrected chi connectivity index (χ0v) is 13.9. The first-order valence-electron chi connectivity index (χ1n) is 8.58. The van der Waals surface area contributed by atoms with E-state index in [9.17, 15) is 0 Å². The number of hydrogen-bond donors (Lipinski definition) is 1. The Kier molecular flexibility index (Phi) is 4.65. The van der Waals surface area contributed by atoms with E-state index < -0.39 is 0 Å². The summed E-state index contributed by atoms with van der Waals surface area (Å²) in [5.41, 5.74) is 0.992. The van der Waals surface area contributed by atoms with E-state index in [2.05, 4.69) is 39.9 Å². The molecule has 0 spiro atoms. The zero-order valence-electron chi connectivity index (χ0n) is 13.9. The summed E-state index contributed by atoms with van der Waals surface area (Å²) in [6, 6.07) is 0. The molecule has 0 radical (unpaired) electrons. The second-order valence-electron chi connectivity index (χ2n) is 8.63. The topological polar surface area (TPSA) is 12.0 Å². The Hall–Kier alpha value is -0.0400. The van der Waals surface area contributed by atoms with E-state index in [0.717, 1.165) is 17.8 Å². The summed E-state index contributed by atoms with van der Waals surface area (Å²) in [4.78, 5) is 0. The molecule has 1 heteroatoms. The van der Waals surface area contributed by atoms with Gasteiger partial charge in [0.15, 0.2) is 0 Å². The van der Waals surface area contributed by atoms with Crippen LogP contribution in [0, 0.1) is 23.2 Å². The van der Waals surface area contributed by atoms with E-state index in [1.165, 1.54) is 51.5 Å². The fourth-order valence-corrected chi connectivity index (χ4v) is 4.48. The quantitative estimate of drug-likeness (QED) is 0.756. The highest BCUT2D eigenvalue weighted by atomic mass is 15.0. The number of nitrogens with one attached hydrogen (secondary N) is 1. The second-order valence-corrected chi connectivity index (χ2v) is 8.63. The van der Waals surface area contributed by atoms with Gasteiger partial charge in [0.05, 0.1) is 0 Å². The van der Waals surface area contributed by atoms with Gasteiger partial charge in [-0.05, 0) is 61.8 Å². The van der Waals surface area contributed by atoms with Crippen molar-refractivity contribution in [2.45, 2.75) is 85.1 Å². The summed E-state index contributed by atoms with van der Waals surface area (Å²) in [7, 11) is 0. The van der Waals surface area contributed by atoms with Crippen molar-refractivity contribution in [1.29, 1.82) is 0 Å². The molecule has 1 aliphatic heterocycles. The minimum Gasteiger partial charge on any atom is -0.311 e. The molecule has 2 aliphatic rings. The second kappa shape index (κ2) is 5.76. The van der Waals surface area contributed by atoms with E-state index in [1.54, 1.807) is 0 Å². The van der Waals surface area contributed by atoms with E-state index in [1.807, 2.05) is 0 Å². The van der Waals surface area contributed by atoms with Crippen LogP contribution >= 0.6 is 0 Å². The molecule has 1 saturated carbocycles. The van der Waals surface area contributed by atoms with E-state index in [-0.39, 0.29) is 0 Å². The predicted molar refractivity (Wildman–Crippen MR) is 84.3 cm³/mol. The summed E-state index contributed by atoms with van der Waals surface area (Å²) < 4.78 is 0. The summed E-state index contributed by atoms with van der Waals surface area (Å²) in [5, 5.41) is 3.86. The Labute approximate surface area is 120 Å². The summed E-state index contributed by atoms with van der Waals surface area (Å²) >= 11 is 0. The lowest BCUT2D eigenvalue weighted by Crippen LogP contribution is -2.46. The van der Waals surface area contributed by atoms with Gasteiger partial charge in [0, 0.05) is 5.54 Å². The molecule has 1 unspecified atom stereocenters. The minimum absolute atomic E-state index is 0.471. The first kappa shape index (κ1) is 15.4. The van der Waals surface area contributed by atoms with Crippen molar-refractivity contribution < 1.29 is 0 Å². The molecule has 1 aliphatic carbocycles. The van der Waals surface area contributed by atoms with Crippen molar-refractivity contribution in [3.8, 4) is 0 Å². The Morgan fingerprint density at radius 1 is 1.11 bits per heavy atom. The Bertz CT molecular complexity index is 273. The molecule has 112 valence electrons. The van der Waals surface area contributed by atoms with Gasteiger partial charge in [0.2, 0.25) is 0 Å². The number of rotatable bonds is 3. The average molecular weight is 265 g/mol. The Morgan fingerprint density at radius 3 is 2.16 bits per heavy atom. The van der Waals surface area contributed by atoms with Crippen molar-refractivity contribution in [2.24, 2.45) is 23.2 Å². The third-order valence-electron chi connectivity index (χ3n) is 6.11. The van der Waals surface area contributed by atoms with Gasteiger partial charge in [-0.2, -0.15) is 0 Å². The van der Waals surface area contributed by atoms with Gasteiger partial charge in [-0.1, -0.05) is 47.5 Å². The third kappa shape index (κ3) is 3.54. The largest absolute Gasteiger partial charge is 0.311 e. The van der Waals surface area contributed by atoms with Crippen LogP contribution in [0.25, 0.3) is 0 Å². The van der Waals surface area contributed by atoms with Crippen LogP contribution in [-0.4, -0.2) is 12.1 Å². The molecule has 1 atom stereocenters. The average Bonchev–Trinajstić information content (AvgIpc) is 2.78. The van der Waals surface area contributed by atoms with Crippen molar-refractivity contribution in [3.05, 3.63) is 0 Å². The van der Waals surface area contributed by atoms with Gasteiger partial charge in [0.25, 0.3) is 0 Å². The molecular weight excluding hydrogens is 230 g/mol. The lowest BCUT2D eigenvalue weighted by Gasteiger charge is -2.42. The summed E-state index contributed by atoms with van der Waals surface area (Å²) in [5.74, 6) is 2.72. The van der Waals surface area contributed by atoms with Crippen LogP contribution in [0.5, 0.6) is 0 Å². The van der Waals surface area contributed by atoms with Gasteiger partial charge >= 0.3 is 0 Å². The van der Waals surface area contributed by atoms with Crippen LogP contribution in [0.2, 0.25) is 0 Å². The van der Waals surface area contributed by atoms with Crippen molar-refractivity contribution in [2.75, 3.05) is 6.54 Å². The van der Waals surface area contributed by atoms with Crippen LogP contribution in [0.3, 0.4) is 0 Å². The maximum absolute atomic E-state index is 3.86. The third-order valence-corrected chi connectivity index (χ3v) is 6.11. The van der Waals surface area contributed by atoms with Crippen LogP contribution < -0.4 is 5.32 Å².